The molecular weight excluding hydrogens is 254 g/mol. The predicted octanol–water partition coefficient (Wildman–Crippen LogP) is -1.46. The number of hydrogen-bond acceptors (Lipinski definition) is 7. The van der Waals surface area contributed by atoms with Crippen LogP contribution < -0.4 is 10.5 Å². The first-order valence-electron chi connectivity index (χ1n) is 5.86. The number of aliphatic hydroxyl groups excluding tert-OH is 3. The maximum atomic E-state index is 9.75. The fourth-order valence-corrected chi connectivity index (χ4v) is 1.87. The van der Waals surface area contributed by atoms with Gasteiger partial charge in [-0.15, -0.1) is 0 Å². The molecule has 1 aliphatic heterocycles. The molecule has 0 saturated carbocycles. The fraction of sp³-hybridized carbons (Fsp3) is 0.500. The topological polar surface area (TPSA) is 125 Å². The molecule has 106 valence electrons. The number of phenols is 1. The van der Waals surface area contributed by atoms with Gasteiger partial charge in [0.25, 0.3) is 0 Å². The summed E-state index contributed by atoms with van der Waals surface area (Å²) in [5.74, 6) is 0.475. The number of ether oxygens (including phenoxy) is 2. The van der Waals surface area contributed by atoms with Crippen LogP contribution in [0.15, 0.2) is 24.3 Å². The minimum atomic E-state index is -1.26. The summed E-state index contributed by atoms with van der Waals surface area (Å²) in [6, 6.07) is 4.93. The van der Waals surface area contributed by atoms with Crippen molar-refractivity contribution in [2.45, 2.75) is 30.6 Å². The monoisotopic (exact) mass is 271 g/mol. The Morgan fingerprint density at radius 3 is 2.37 bits per heavy atom. The van der Waals surface area contributed by atoms with Crippen LogP contribution in [0.4, 0.5) is 0 Å². The number of benzene rings is 1. The average Bonchev–Trinajstić information content (AvgIpc) is 2.42. The van der Waals surface area contributed by atoms with Gasteiger partial charge in [-0.1, -0.05) is 0 Å². The van der Waals surface area contributed by atoms with E-state index in [4.69, 9.17) is 25.4 Å². The summed E-state index contributed by atoms with van der Waals surface area (Å²) < 4.78 is 10.7. The Morgan fingerprint density at radius 2 is 1.79 bits per heavy atom. The van der Waals surface area contributed by atoms with Crippen LogP contribution in [0.3, 0.4) is 0 Å². The number of nitrogens with two attached hydrogens (primary N) is 1. The zero-order valence-electron chi connectivity index (χ0n) is 10.1. The Balaban J connectivity index is 2.08. The summed E-state index contributed by atoms with van der Waals surface area (Å²) in [6.07, 6.45) is -4.48. The van der Waals surface area contributed by atoms with Crippen LogP contribution in [-0.4, -0.2) is 57.7 Å². The number of hydrogen-bond donors (Lipinski definition) is 5. The summed E-state index contributed by atoms with van der Waals surface area (Å²) in [5, 5.41) is 37.6. The average molecular weight is 271 g/mol. The standard InChI is InChI=1S/C12H17NO6/c13-9-11(17)10(16)8(5-14)19-12(9)18-7-3-1-6(15)2-4-7/h1-4,8-12,14-17H,5,13H2/t8-,9-,10-,11-,12+/m1/s1. The van der Waals surface area contributed by atoms with Crippen molar-refractivity contribution in [3.63, 3.8) is 0 Å². The van der Waals surface area contributed by atoms with E-state index in [1.54, 1.807) is 0 Å². The molecule has 1 heterocycles. The molecule has 0 aliphatic carbocycles. The van der Waals surface area contributed by atoms with Crippen molar-refractivity contribution in [1.29, 1.82) is 0 Å². The lowest BCUT2D eigenvalue weighted by Crippen LogP contribution is -2.63. The summed E-state index contributed by atoms with van der Waals surface area (Å²) in [6.45, 7) is -0.458. The molecule has 2 rings (SSSR count). The molecule has 5 atom stereocenters. The van der Waals surface area contributed by atoms with Crippen LogP contribution in [0.2, 0.25) is 0 Å². The van der Waals surface area contributed by atoms with E-state index in [9.17, 15) is 10.2 Å². The van der Waals surface area contributed by atoms with E-state index in [0.717, 1.165) is 0 Å². The minimum Gasteiger partial charge on any atom is -0.508 e. The minimum absolute atomic E-state index is 0.0879. The zero-order chi connectivity index (χ0) is 14.0. The molecular formula is C12H17NO6. The van der Waals surface area contributed by atoms with Gasteiger partial charge in [-0.05, 0) is 24.3 Å². The second kappa shape index (κ2) is 5.72. The van der Waals surface area contributed by atoms with Crippen molar-refractivity contribution in [3.05, 3.63) is 24.3 Å². The first-order chi connectivity index (χ1) is 9.02. The molecule has 0 amide bonds. The molecule has 0 spiro atoms. The maximum Gasteiger partial charge on any atom is 0.218 e. The Morgan fingerprint density at radius 1 is 1.16 bits per heavy atom. The van der Waals surface area contributed by atoms with Crippen molar-refractivity contribution in [3.8, 4) is 11.5 Å². The van der Waals surface area contributed by atoms with Crippen molar-refractivity contribution < 1.29 is 29.9 Å². The van der Waals surface area contributed by atoms with Crippen LogP contribution in [-0.2, 0) is 4.74 Å². The molecule has 1 aliphatic rings. The molecule has 1 aromatic rings. The highest BCUT2D eigenvalue weighted by Crippen LogP contribution is 2.24. The Labute approximate surface area is 109 Å². The molecule has 0 radical (unpaired) electrons. The van der Waals surface area contributed by atoms with E-state index in [0.29, 0.717) is 5.75 Å². The predicted molar refractivity (Wildman–Crippen MR) is 64.5 cm³/mol. The maximum absolute atomic E-state index is 9.75. The first kappa shape index (κ1) is 14.0. The molecule has 0 unspecified atom stereocenters. The van der Waals surface area contributed by atoms with Gasteiger partial charge >= 0.3 is 0 Å². The highest BCUT2D eigenvalue weighted by atomic mass is 16.7. The van der Waals surface area contributed by atoms with Crippen LogP contribution in [0.5, 0.6) is 11.5 Å². The van der Waals surface area contributed by atoms with E-state index >= 15 is 0 Å². The molecule has 0 aromatic heterocycles. The van der Waals surface area contributed by atoms with Gasteiger partial charge in [0.2, 0.25) is 6.29 Å². The second-order valence-electron chi connectivity index (χ2n) is 4.40. The van der Waals surface area contributed by atoms with Gasteiger partial charge in [0.15, 0.2) is 0 Å². The summed E-state index contributed by atoms with van der Waals surface area (Å²) in [5.41, 5.74) is 5.72. The Hall–Kier alpha value is -1.38. The molecule has 1 fully saturated rings. The van der Waals surface area contributed by atoms with Crippen LogP contribution in [0.1, 0.15) is 0 Å². The second-order valence-corrected chi connectivity index (χ2v) is 4.40. The summed E-state index contributed by atoms with van der Waals surface area (Å²) in [4.78, 5) is 0. The third kappa shape index (κ3) is 2.96. The van der Waals surface area contributed by atoms with E-state index in [1.807, 2.05) is 0 Å². The molecule has 7 heteroatoms. The lowest BCUT2D eigenvalue weighted by molar-refractivity contribution is -0.239. The molecule has 6 N–H and O–H groups in total. The lowest BCUT2D eigenvalue weighted by atomic mass is 9.98. The Bertz CT molecular complexity index is 409. The van der Waals surface area contributed by atoms with Gasteiger partial charge < -0.3 is 35.6 Å². The third-order valence-corrected chi connectivity index (χ3v) is 3.02. The van der Waals surface area contributed by atoms with E-state index in [2.05, 4.69) is 0 Å². The van der Waals surface area contributed by atoms with Gasteiger partial charge in [-0.25, -0.2) is 0 Å². The normalized spacial score (nSPS) is 35.1. The zero-order valence-corrected chi connectivity index (χ0v) is 10.1. The van der Waals surface area contributed by atoms with Crippen molar-refractivity contribution in [2.75, 3.05) is 6.61 Å². The molecule has 1 saturated heterocycles. The Kier molecular flexibility index (Phi) is 4.23. The smallest absolute Gasteiger partial charge is 0.218 e. The largest absolute Gasteiger partial charge is 0.508 e. The summed E-state index contributed by atoms with van der Waals surface area (Å²) >= 11 is 0. The highest BCUT2D eigenvalue weighted by molar-refractivity contribution is 5.30. The highest BCUT2D eigenvalue weighted by Gasteiger charge is 2.43. The molecule has 7 nitrogen and oxygen atoms in total. The van der Waals surface area contributed by atoms with Gasteiger partial charge in [0.1, 0.15) is 29.8 Å². The number of rotatable bonds is 3. The molecule has 19 heavy (non-hydrogen) atoms. The quantitative estimate of drug-likeness (QED) is 0.455. The number of aromatic hydroxyl groups is 1. The lowest BCUT2D eigenvalue weighted by Gasteiger charge is -2.40. The van der Waals surface area contributed by atoms with Gasteiger partial charge in [-0.2, -0.15) is 0 Å². The third-order valence-electron chi connectivity index (χ3n) is 3.02. The van der Waals surface area contributed by atoms with Crippen LogP contribution in [0.25, 0.3) is 0 Å². The molecule has 1 aromatic carbocycles. The molecule has 0 bridgehead atoms. The summed E-state index contributed by atoms with van der Waals surface area (Å²) in [7, 11) is 0. The number of aliphatic hydroxyl groups is 3. The first-order valence-corrected chi connectivity index (χ1v) is 5.86. The van der Waals surface area contributed by atoms with Crippen molar-refractivity contribution in [1.82, 2.24) is 0 Å². The van der Waals surface area contributed by atoms with Gasteiger partial charge in [0, 0.05) is 0 Å². The SMILES string of the molecule is N[C@H]1[C@@H](Oc2ccc(O)cc2)O[C@H](CO)[C@@H](O)[C@@H]1O. The van der Waals surface area contributed by atoms with E-state index in [-0.39, 0.29) is 5.75 Å². The van der Waals surface area contributed by atoms with E-state index < -0.39 is 37.3 Å². The van der Waals surface area contributed by atoms with E-state index in [1.165, 1.54) is 24.3 Å². The van der Waals surface area contributed by atoms with Crippen LogP contribution in [0, 0.1) is 0 Å². The number of phenolic OH excluding ortho intramolecular Hbond substituents is 1. The van der Waals surface area contributed by atoms with Gasteiger partial charge in [0.05, 0.1) is 12.6 Å². The van der Waals surface area contributed by atoms with Crippen molar-refractivity contribution >= 4 is 0 Å². The van der Waals surface area contributed by atoms with Crippen LogP contribution >= 0.6 is 0 Å². The van der Waals surface area contributed by atoms with Crippen molar-refractivity contribution in [2.24, 2.45) is 5.73 Å². The van der Waals surface area contributed by atoms with Gasteiger partial charge in [-0.3, -0.25) is 0 Å². The fourth-order valence-electron chi connectivity index (χ4n) is 1.87.